The molecule has 324 valence electrons. The maximum Gasteiger partial charge on any atom is 0.411 e. The van der Waals surface area contributed by atoms with Crippen LogP contribution >= 0.6 is 11.6 Å². The number of carbonyl (C=O) groups excluding carboxylic acids is 3. The fourth-order valence-electron chi connectivity index (χ4n) is 8.38. The van der Waals surface area contributed by atoms with Gasteiger partial charge >= 0.3 is 12.3 Å². The fourth-order valence-corrected chi connectivity index (χ4v) is 9.96. The SMILES string of the molecule is CC[C@@H]1C[C@H](C)CCC=C[C@@H]2C[C@@]2(C(=O)NS(=O)(=O)C2(C)CC2)NC(=O)[C@@H]2C[C@@H](Oc3ncc(OC)c4c(Cl)cccc34)CN2C(=O)[C@H]1N(C(=O)O)C(C)(C)C(F)(F)F. The molecule has 7 atom stereocenters. The number of aromatic nitrogens is 1. The summed E-state index contributed by atoms with van der Waals surface area (Å²) < 4.78 is 83.7. The van der Waals surface area contributed by atoms with Crippen molar-refractivity contribution in [2.24, 2.45) is 17.8 Å². The van der Waals surface area contributed by atoms with Crippen LogP contribution in [0, 0.1) is 17.8 Å². The second-order valence-electron chi connectivity index (χ2n) is 17.1. The first-order chi connectivity index (χ1) is 27.5. The van der Waals surface area contributed by atoms with Gasteiger partial charge < -0.3 is 24.8 Å². The standard InChI is InChI=1S/C40H51ClF3N5O9S/c1-7-23-17-22(2)11-8-9-12-24-19-39(24,35(52)47-59(55,56)38(5)15-16-38)46-32(50)28-18-25(58-33-26-13-10-14-27(41)30(26)29(57-6)20-45-33)21-48(28)34(51)31(23)49(36(53)54)37(3,4)40(42,43)44/h9-10,12-14,20,22-25,28,31H,7-8,11,15-19,21H2,1-6H3,(H,46,50)(H,47,52)(H,53,54)/t22-,23-,24-,25-,28+,31+,39-/m1/s1. The number of fused-ring (bicyclic) bond motifs is 3. The van der Waals surface area contributed by atoms with Crippen LogP contribution in [0.15, 0.2) is 36.5 Å². The van der Waals surface area contributed by atoms with Crippen molar-refractivity contribution in [3.05, 3.63) is 41.6 Å². The van der Waals surface area contributed by atoms with E-state index in [0.717, 1.165) is 4.90 Å². The highest BCUT2D eigenvalue weighted by molar-refractivity contribution is 7.91. The molecule has 0 unspecified atom stereocenters. The molecule has 4 aliphatic rings. The Morgan fingerprint density at radius 3 is 2.49 bits per heavy atom. The summed E-state index contributed by atoms with van der Waals surface area (Å²) in [4.78, 5) is 62.4. The van der Waals surface area contributed by atoms with E-state index in [4.69, 9.17) is 21.1 Å². The number of benzene rings is 1. The lowest BCUT2D eigenvalue weighted by Gasteiger charge is -2.46. The highest BCUT2D eigenvalue weighted by Gasteiger charge is 2.64. The molecule has 1 aromatic carbocycles. The van der Waals surface area contributed by atoms with E-state index in [0.29, 0.717) is 61.1 Å². The lowest BCUT2D eigenvalue weighted by molar-refractivity contribution is -0.222. The van der Waals surface area contributed by atoms with Crippen molar-refractivity contribution in [2.75, 3.05) is 13.7 Å². The fraction of sp³-hybridized carbons (Fsp3) is 0.625. The maximum absolute atomic E-state index is 15.2. The van der Waals surface area contributed by atoms with Gasteiger partial charge in [0, 0.05) is 23.1 Å². The van der Waals surface area contributed by atoms with Gasteiger partial charge in [0.15, 0.2) is 0 Å². The van der Waals surface area contributed by atoms with E-state index >= 15 is 4.79 Å². The first-order valence-electron chi connectivity index (χ1n) is 19.7. The molecule has 1 saturated heterocycles. The summed E-state index contributed by atoms with van der Waals surface area (Å²) in [5.41, 5.74) is -4.78. The van der Waals surface area contributed by atoms with Gasteiger partial charge in [0.25, 0.3) is 5.91 Å². The lowest BCUT2D eigenvalue weighted by atomic mass is 9.82. The van der Waals surface area contributed by atoms with Crippen LogP contribution in [-0.4, -0.2) is 106 Å². The van der Waals surface area contributed by atoms with Crippen molar-refractivity contribution >= 4 is 56.2 Å². The summed E-state index contributed by atoms with van der Waals surface area (Å²) in [5, 5.41) is 14.5. The molecule has 0 radical (unpaired) electrons. The Labute approximate surface area is 346 Å². The van der Waals surface area contributed by atoms with E-state index in [1.54, 1.807) is 31.2 Å². The number of nitrogens with zero attached hydrogens (tertiary/aromatic N) is 3. The van der Waals surface area contributed by atoms with Gasteiger partial charge in [-0.3, -0.25) is 24.0 Å². The number of nitrogens with one attached hydrogen (secondary N) is 2. The number of pyridine rings is 1. The largest absolute Gasteiger partial charge is 0.494 e. The highest BCUT2D eigenvalue weighted by Crippen LogP contribution is 2.48. The third-order valence-electron chi connectivity index (χ3n) is 12.6. The van der Waals surface area contributed by atoms with Gasteiger partial charge in [0.1, 0.15) is 35.0 Å². The lowest BCUT2D eigenvalue weighted by Crippen LogP contribution is -2.66. The third-order valence-corrected chi connectivity index (χ3v) is 15.1. The number of sulfonamides is 1. The molecule has 1 aromatic heterocycles. The van der Waals surface area contributed by atoms with Crippen molar-refractivity contribution in [3.63, 3.8) is 0 Å². The van der Waals surface area contributed by atoms with E-state index in [1.807, 2.05) is 13.0 Å². The molecule has 59 heavy (non-hydrogen) atoms. The van der Waals surface area contributed by atoms with Crippen molar-refractivity contribution < 1.29 is 55.3 Å². The number of hydrogen-bond donors (Lipinski definition) is 3. The van der Waals surface area contributed by atoms with Crippen LogP contribution in [0.3, 0.4) is 0 Å². The van der Waals surface area contributed by atoms with Gasteiger partial charge in [-0.2, -0.15) is 13.2 Å². The second-order valence-corrected chi connectivity index (χ2v) is 19.7. The van der Waals surface area contributed by atoms with E-state index in [9.17, 15) is 41.1 Å². The Morgan fingerprint density at radius 1 is 1.19 bits per heavy atom. The molecule has 0 bridgehead atoms. The number of carbonyl (C=O) groups is 4. The molecule has 19 heteroatoms. The number of alkyl halides is 3. The molecular formula is C40H51ClF3N5O9S. The molecule has 2 aliphatic heterocycles. The molecule has 14 nitrogen and oxygen atoms in total. The van der Waals surface area contributed by atoms with E-state index in [2.05, 4.69) is 15.0 Å². The zero-order valence-corrected chi connectivity index (χ0v) is 35.3. The number of halogens is 4. The van der Waals surface area contributed by atoms with Crippen molar-refractivity contribution in [2.45, 2.75) is 126 Å². The van der Waals surface area contributed by atoms with Crippen LogP contribution in [0.25, 0.3) is 10.8 Å². The number of hydrogen-bond acceptors (Lipinski definition) is 9. The molecule has 4 amide bonds. The summed E-state index contributed by atoms with van der Waals surface area (Å²) in [6.07, 6.45) is -1.43. The van der Waals surface area contributed by atoms with Gasteiger partial charge in [-0.25, -0.2) is 18.2 Å². The van der Waals surface area contributed by atoms with E-state index in [-0.39, 0.29) is 48.9 Å². The molecule has 3 heterocycles. The number of rotatable bonds is 9. The summed E-state index contributed by atoms with van der Waals surface area (Å²) in [6, 6.07) is 1.56. The summed E-state index contributed by atoms with van der Waals surface area (Å²) >= 11 is 6.52. The van der Waals surface area contributed by atoms with Crippen molar-refractivity contribution in [3.8, 4) is 11.6 Å². The Morgan fingerprint density at radius 2 is 1.88 bits per heavy atom. The zero-order valence-electron chi connectivity index (χ0n) is 33.8. The Hall–Kier alpha value is -4.32. The Kier molecular flexibility index (Phi) is 12.0. The van der Waals surface area contributed by atoms with E-state index < -0.39 is 85.9 Å². The summed E-state index contributed by atoms with van der Waals surface area (Å²) in [6.45, 7) is 6.05. The quantitative estimate of drug-likeness (QED) is 0.245. The van der Waals surface area contributed by atoms with Gasteiger partial charge in [0.05, 0.1) is 29.6 Å². The minimum absolute atomic E-state index is 0.0407. The van der Waals surface area contributed by atoms with Crippen LogP contribution in [0.4, 0.5) is 18.0 Å². The minimum Gasteiger partial charge on any atom is -0.494 e. The molecule has 6 rings (SSSR count). The molecule has 3 N–H and O–H groups in total. The zero-order chi connectivity index (χ0) is 43.5. The number of carboxylic acid groups (broad SMARTS) is 1. The minimum atomic E-state index is -5.11. The smallest absolute Gasteiger partial charge is 0.411 e. The molecule has 2 saturated carbocycles. The monoisotopic (exact) mass is 869 g/mol. The Balaban J connectivity index is 1.45. The predicted octanol–water partition coefficient (Wildman–Crippen LogP) is 6.21. The molecule has 2 aliphatic carbocycles. The van der Waals surface area contributed by atoms with Crippen LogP contribution in [0.1, 0.15) is 86.0 Å². The summed E-state index contributed by atoms with van der Waals surface area (Å²) in [7, 11) is -2.70. The average Bonchev–Trinajstić information content (AvgIpc) is 4.04. The third kappa shape index (κ3) is 8.27. The van der Waals surface area contributed by atoms with Gasteiger partial charge in [-0.05, 0) is 83.3 Å². The van der Waals surface area contributed by atoms with Crippen molar-refractivity contribution in [1.29, 1.82) is 0 Å². The second kappa shape index (κ2) is 15.9. The number of allylic oxidation sites excluding steroid dienone is 1. The van der Waals surface area contributed by atoms with Crippen LogP contribution in [0.5, 0.6) is 11.6 Å². The van der Waals surface area contributed by atoms with Gasteiger partial charge in [-0.15, -0.1) is 0 Å². The molecule has 2 aromatic rings. The van der Waals surface area contributed by atoms with E-state index in [1.165, 1.54) is 20.2 Å². The van der Waals surface area contributed by atoms with Crippen LogP contribution in [0.2, 0.25) is 5.02 Å². The van der Waals surface area contributed by atoms with Gasteiger partial charge in [0.2, 0.25) is 27.7 Å². The van der Waals surface area contributed by atoms with Crippen LogP contribution in [-0.2, 0) is 24.4 Å². The number of ether oxygens (including phenoxy) is 2. The maximum atomic E-state index is 15.2. The highest BCUT2D eigenvalue weighted by atomic mass is 35.5. The first-order valence-corrected chi connectivity index (χ1v) is 21.6. The molecule has 3 fully saturated rings. The molecular weight excluding hydrogens is 819 g/mol. The first kappa shape index (κ1) is 44.2. The molecule has 0 spiro atoms. The van der Waals surface area contributed by atoms with Gasteiger partial charge in [-0.1, -0.05) is 50.1 Å². The predicted molar refractivity (Wildman–Crippen MR) is 211 cm³/mol. The number of methoxy groups -OCH3 is 1. The van der Waals surface area contributed by atoms with Crippen LogP contribution < -0.4 is 19.5 Å². The summed E-state index contributed by atoms with van der Waals surface area (Å²) in [5.74, 6) is -4.23. The Bertz CT molecular complexity index is 2150. The number of amides is 4. The van der Waals surface area contributed by atoms with Crippen molar-refractivity contribution in [1.82, 2.24) is 24.8 Å². The normalized spacial score (nSPS) is 28.7. The average molecular weight is 870 g/mol. The topological polar surface area (TPSA) is 185 Å².